The first-order chi connectivity index (χ1) is 7.78. The minimum atomic E-state index is 0.583. The normalized spacial score (nSPS) is 10.4. The van der Waals surface area contributed by atoms with Crippen LogP contribution in [0.5, 0.6) is 0 Å². The molecule has 0 spiro atoms. The van der Waals surface area contributed by atoms with Crippen molar-refractivity contribution in [1.29, 1.82) is 0 Å². The summed E-state index contributed by atoms with van der Waals surface area (Å²) < 4.78 is 5.20. The van der Waals surface area contributed by atoms with Gasteiger partial charge in [-0.3, -0.25) is 0 Å². The lowest BCUT2D eigenvalue weighted by Gasteiger charge is -2.00. The summed E-state index contributed by atoms with van der Waals surface area (Å²) in [5, 5.41) is 2.88. The van der Waals surface area contributed by atoms with Crippen molar-refractivity contribution in [3.8, 4) is 0 Å². The molecule has 2 rings (SSSR count). The average Bonchev–Trinajstić information content (AvgIpc) is 2.74. The highest BCUT2D eigenvalue weighted by Crippen LogP contribution is 2.11. The Hall–Kier alpha value is -1.77. The number of aromatic nitrogens is 1. The Balaban J connectivity index is 1.96. The van der Waals surface area contributed by atoms with Gasteiger partial charge < -0.3 is 9.73 Å². The third-order valence-electron chi connectivity index (χ3n) is 2.52. The molecule has 84 valence electrons. The van der Waals surface area contributed by atoms with Gasteiger partial charge in [0.05, 0.1) is 5.69 Å². The molecule has 0 radical (unpaired) electrons. The molecule has 1 aromatic heterocycles. The number of aryl methyl sites for hydroxylation is 3. The fourth-order valence-electron chi connectivity index (χ4n) is 1.68. The van der Waals surface area contributed by atoms with E-state index < -0.39 is 0 Å². The largest absolute Gasteiger partial charge is 0.432 e. The zero-order valence-corrected chi connectivity index (χ0v) is 9.66. The summed E-state index contributed by atoms with van der Waals surface area (Å²) in [4.78, 5) is 4.29. The first kappa shape index (κ1) is 10.7. The Morgan fingerprint density at radius 2 is 2.19 bits per heavy atom. The van der Waals surface area contributed by atoms with Gasteiger partial charge in [0.15, 0.2) is 0 Å². The number of hydrogen-bond donors (Lipinski definition) is 1. The van der Waals surface area contributed by atoms with Crippen LogP contribution in [0.3, 0.4) is 0 Å². The van der Waals surface area contributed by atoms with Crippen molar-refractivity contribution in [2.45, 2.75) is 19.8 Å². The Bertz CT molecular complexity index is 462. The van der Waals surface area contributed by atoms with E-state index >= 15 is 0 Å². The van der Waals surface area contributed by atoms with Gasteiger partial charge in [0.25, 0.3) is 6.01 Å². The number of anilines is 1. The lowest BCUT2D eigenvalue weighted by molar-refractivity contribution is 0.573. The van der Waals surface area contributed by atoms with Crippen molar-refractivity contribution >= 4 is 6.01 Å². The monoisotopic (exact) mass is 216 g/mol. The maximum Gasteiger partial charge on any atom is 0.294 e. The van der Waals surface area contributed by atoms with Crippen LogP contribution in [0.2, 0.25) is 0 Å². The molecule has 2 aromatic rings. The number of rotatable bonds is 4. The van der Waals surface area contributed by atoms with E-state index in [1.54, 1.807) is 13.3 Å². The molecule has 16 heavy (non-hydrogen) atoms. The summed E-state index contributed by atoms with van der Waals surface area (Å²) in [7, 11) is 1.80. The summed E-state index contributed by atoms with van der Waals surface area (Å²) in [6, 6.07) is 9.13. The minimum Gasteiger partial charge on any atom is -0.432 e. The van der Waals surface area contributed by atoms with Crippen molar-refractivity contribution in [3.05, 3.63) is 47.3 Å². The third-order valence-corrected chi connectivity index (χ3v) is 2.52. The van der Waals surface area contributed by atoms with E-state index in [0.717, 1.165) is 18.5 Å². The number of hydrogen-bond acceptors (Lipinski definition) is 3. The van der Waals surface area contributed by atoms with Gasteiger partial charge in [-0.1, -0.05) is 29.8 Å². The van der Waals surface area contributed by atoms with E-state index in [2.05, 4.69) is 41.5 Å². The number of benzene rings is 1. The molecule has 3 nitrogen and oxygen atoms in total. The maximum atomic E-state index is 5.20. The van der Waals surface area contributed by atoms with E-state index in [0.29, 0.717) is 6.01 Å². The van der Waals surface area contributed by atoms with Crippen LogP contribution in [0, 0.1) is 6.92 Å². The van der Waals surface area contributed by atoms with Gasteiger partial charge in [-0.25, -0.2) is 0 Å². The topological polar surface area (TPSA) is 38.1 Å². The fourth-order valence-corrected chi connectivity index (χ4v) is 1.68. The summed E-state index contributed by atoms with van der Waals surface area (Å²) >= 11 is 0. The molecule has 1 N–H and O–H groups in total. The zero-order chi connectivity index (χ0) is 11.4. The standard InChI is InChI=1S/C13H16N2O/c1-10-4-3-5-11(8-10)6-7-12-9-16-13(14-2)15-12/h3-5,8-9H,6-7H2,1-2H3,(H,14,15). The lowest BCUT2D eigenvalue weighted by Crippen LogP contribution is -1.93. The Morgan fingerprint density at radius 1 is 1.31 bits per heavy atom. The molecule has 0 unspecified atom stereocenters. The molecule has 0 aliphatic heterocycles. The molecule has 0 aliphatic carbocycles. The molecule has 0 bridgehead atoms. The molecule has 0 saturated heterocycles. The predicted octanol–water partition coefficient (Wildman–Crippen LogP) is 2.81. The highest BCUT2D eigenvalue weighted by Gasteiger charge is 2.02. The van der Waals surface area contributed by atoms with Gasteiger partial charge >= 0.3 is 0 Å². The molecule has 1 heterocycles. The van der Waals surface area contributed by atoms with Crippen LogP contribution in [0.25, 0.3) is 0 Å². The predicted molar refractivity (Wildman–Crippen MR) is 64.6 cm³/mol. The highest BCUT2D eigenvalue weighted by atomic mass is 16.4. The van der Waals surface area contributed by atoms with Crippen molar-refractivity contribution in [1.82, 2.24) is 4.98 Å². The molecule has 1 aromatic carbocycles. The van der Waals surface area contributed by atoms with Crippen LogP contribution in [-0.4, -0.2) is 12.0 Å². The Morgan fingerprint density at radius 3 is 2.88 bits per heavy atom. The van der Waals surface area contributed by atoms with Crippen molar-refractivity contribution in [3.63, 3.8) is 0 Å². The van der Waals surface area contributed by atoms with E-state index in [-0.39, 0.29) is 0 Å². The quantitative estimate of drug-likeness (QED) is 0.854. The third kappa shape index (κ3) is 2.63. The second-order valence-electron chi connectivity index (χ2n) is 3.88. The van der Waals surface area contributed by atoms with Crippen LogP contribution in [0.4, 0.5) is 6.01 Å². The summed E-state index contributed by atoms with van der Waals surface area (Å²) in [5.41, 5.74) is 3.63. The molecule has 0 amide bonds. The van der Waals surface area contributed by atoms with Gasteiger partial charge in [-0.05, 0) is 25.3 Å². The van der Waals surface area contributed by atoms with Gasteiger partial charge in [0.2, 0.25) is 0 Å². The van der Waals surface area contributed by atoms with Gasteiger partial charge in [-0.15, -0.1) is 0 Å². The summed E-state index contributed by atoms with van der Waals surface area (Å²) in [6.07, 6.45) is 3.62. The lowest BCUT2D eigenvalue weighted by atomic mass is 10.1. The van der Waals surface area contributed by atoms with Crippen LogP contribution >= 0.6 is 0 Å². The second-order valence-corrected chi connectivity index (χ2v) is 3.88. The molecule has 3 heteroatoms. The first-order valence-electron chi connectivity index (χ1n) is 5.45. The molecular weight excluding hydrogens is 200 g/mol. The summed E-state index contributed by atoms with van der Waals surface area (Å²) in [5.74, 6) is 0. The zero-order valence-electron chi connectivity index (χ0n) is 9.66. The van der Waals surface area contributed by atoms with Crippen molar-refractivity contribution in [2.75, 3.05) is 12.4 Å². The molecular formula is C13H16N2O. The van der Waals surface area contributed by atoms with Crippen LogP contribution in [0.15, 0.2) is 34.9 Å². The Kier molecular flexibility index (Phi) is 3.25. The van der Waals surface area contributed by atoms with E-state index in [1.807, 2.05) is 0 Å². The number of nitrogens with zero attached hydrogens (tertiary/aromatic N) is 1. The maximum absolute atomic E-state index is 5.20. The minimum absolute atomic E-state index is 0.583. The SMILES string of the molecule is CNc1nc(CCc2cccc(C)c2)co1. The van der Waals surface area contributed by atoms with Crippen LogP contribution in [0.1, 0.15) is 16.8 Å². The van der Waals surface area contributed by atoms with E-state index in [4.69, 9.17) is 4.42 Å². The van der Waals surface area contributed by atoms with Crippen LogP contribution < -0.4 is 5.32 Å². The average molecular weight is 216 g/mol. The van der Waals surface area contributed by atoms with Gasteiger partial charge in [0.1, 0.15) is 6.26 Å². The Labute approximate surface area is 95.5 Å². The van der Waals surface area contributed by atoms with Crippen molar-refractivity contribution in [2.24, 2.45) is 0 Å². The van der Waals surface area contributed by atoms with Gasteiger partial charge in [0, 0.05) is 7.05 Å². The van der Waals surface area contributed by atoms with Gasteiger partial charge in [-0.2, -0.15) is 4.98 Å². The van der Waals surface area contributed by atoms with E-state index in [1.165, 1.54) is 11.1 Å². The molecule has 0 fully saturated rings. The number of oxazole rings is 1. The smallest absolute Gasteiger partial charge is 0.294 e. The van der Waals surface area contributed by atoms with Crippen LogP contribution in [-0.2, 0) is 12.8 Å². The second kappa shape index (κ2) is 4.84. The first-order valence-corrected chi connectivity index (χ1v) is 5.45. The van der Waals surface area contributed by atoms with Crippen molar-refractivity contribution < 1.29 is 4.42 Å². The molecule has 0 atom stereocenters. The fraction of sp³-hybridized carbons (Fsp3) is 0.308. The molecule has 0 saturated carbocycles. The highest BCUT2D eigenvalue weighted by molar-refractivity contribution is 5.24. The van der Waals surface area contributed by atoms with E-state index in [9.17, 15) is 0 Å². The molecule has 0 aliphatic rings. The summed E-state index contributed by atoms with van der Waals surface area (Å²) in [6.45, 7) is 2.11. The number of nitrogens with one attached hydrogen (secondary N) is 1.